The first kappa shape index (κ1) is 19.4. The Hall–Kier alpha value is -3.52. The number of nitrogens with one attached hydrogen (secondary N) is 3. The van der Waals surface area contributed by atoms with Gasteiger partial charge in [-0.25, -0.2) is 4.98 Å². The van der Waals surface area contributed by atoms with E-state index in [0.29, 0.717) is 24.8 Å². The van der Waals surface area contributed by atoms with Crippen molar-refractivity contribution in [1.29, 1.82) is 0 Å². The molecule has 0 bridgehead atoms. The van der Waals surface area contributed by atoms with Crippen molar-refractivity contribution in [3.63, 3.8) is 0 Å². The van der Waals surface area contributed by atoms with E-state index in [0.717, 1.165) is 32.7 Å². The van der Waals surface area contributed by atoms with Gasteiger partial charge in [-0.3, -0.25) is 19.7 Å². The zero-order chi connectivity index (χ0) is 21.6. The Kier molecular flexibility index (Phi) is 4.59. The lowest BCUT2D eigenvalue weighted by atomic mass is 9.72. The number of carbonyl (C=O) groups is 3. The number of hydrogen-bond acceptors (Lipinski definition) is 6. The summed E-state index contributed by atoms with van der Waals surface area (Å²) in [6.45, 7) is 1.96. The Bertz CT molecular complexity index is 1260. The largest absolute Gasteiger partial charge is 0.361 e. The van der Waals surface area contributed by atoms with Crippen molar-refractivity contribution in [3.8, 4) is 0 Å². The van der Waals surface area contributed by atoms with Crippen LogP contribution in [0.3, 0.4) is 0 Å². The van der Waals surface area contributed by atoms with Crippen LogP contribution in [0.2, 0.25) is 0 Å². The standard InChI is InChI=1S/C23H20N4O3S/c1-2-23(10-9-18(28)27-22(23)30)13-3-5-14(6-4-13)24-11-15-19-16(26-21(15)29)7-8-17-20(19)31-12-25-17/h3-8,11-12,24H,2,9-10H2,1H3,(H,26,29)(H,27,28,30). The van der Waals surface area contributed by atoms with Gasteiger partial charge in [-0.2, -0.15) is 0 Å². The number of amides is 3. The zero-order valence-corrected chi connectivity index (χ0v) is 17.6. The number of aromatic nitrogens is 1. The molecule has 1 aromatic heterocycles. The second-order valence-electron chi connectivity index (χ2n) is 7.74. The quantitative estimate of drug-likeness (QED) is 0.430. The molecule has 31 heavy (non-hydrogen) atoms. The molecular weight excluding hydrogens is 412 g/mol. The minimum Gasteiger partial charge on any atom is -0.361 e. The molecule has 0 spiro atoms. The van der Waals surface area contributed by atoms with Crippen LogP contribution in [-0.2, 0) is 19.8 Å². The van der Waals surface area contributed by atoms with Crippen molar-refractivity contribution in [2.24, 2.45) is 0 Å². The second kappa shape index (κ2) is 7.31. The summed E-state index contributed by atoms with van der Waals surface area (Å²) in [7, 11) is 0. The van der Waals surface area contributed by atoms with E-state index in [2.05, 4.69) is 20.9 Å². The molecule has 5 rings (SSSR count). The molecule has 3 heterocycles. The van der Waals surface area contributed by atoms with Crippen LogP contribution < -0.4 is 16.0 Å². The number of piperidine rings is 1. The summed E-state index contributed by atoms with van der Waals surface area (Å²) in [5.74, 6) is -0.612. The summed E-state index contributed by atoms with van der Waals surface area (Å²) < 4.78 is 0.974. The summed E-state index contributed by atoms with van der Waals surface area (Å²) in [6.07, 6.45) is 3.17. The molecule has 8 heteroatoms. The van der Waals surface area contributed by atoms with Gasteiger partial charge in [0.15, 0.2) is 0 Å². The Morgan fingerprint density at radius 1 is 1.13 bits per heavy atom. The van der Waals surface area contributed by atoms with Gasteiger partial charge < -0.3 is 10.6 Å². The summed E-state index contributed by atoms with van der Waals surface area (Å²) in [5, 5.41) is 8.57. The third kappa shape index (κ3) is 3.11. The van der Waals surface area contributed by atoms with E-state index in [-0.39, 0.29) is 17.7 Å². The Labute approximate surface area is 182 Å². The molecule has 2 aliphatic heterocycles. The normalized spacial score (nSPS) is 21.8. The minimum atomic E-state index is -0.688. The number of benzene rings is 2. The number of hydrogen-bond donors (Lipinski definition) is 3. The van der Waals surface area contributed by atoms with Gasteiger partial charge in [0.1, 0.15) is 0 Å². The first-order valence-corrected chi connectivity index (χ1v) is 11.0. The number of imide groups is 1. The van der Waals surface area contributed by atoms with Crippen LogP contribution in [0.25, 0.3) is 15.8 Å². The van der Waals surface area contributed by atoms with Crippen molar-refractivity contribution in [3.05, 3.63) is 59.2 Å². The monoisotopic (exact) mass is 432 g/mol. The fourth-order valence-electron chi connectivity index (χ4n) is 4.35. The van der Waals surface area contributed by atoms with E-state index in [1.165, 1.54) is 11.3 Å². The van der Waals surface area contributed by atoms with Crippen LogP contribution in [0.1, 0.15) is 37.3 Å². The smallest absolute Gasteiger partial charge is 0.257 e. The van der Waals surface area contributed by atoms with E-state index in [4.69, 9.17) is 0 Å². The molecule has 1 atom stereocenters. The maximum absolute atomic E-state index is 12.6. The van der Waals surface area contributed by atoms with E-state index in [9.17, 15) is 14.4 Å². The second-order valence-corrected chi connectivity index (χ2v) is 8.59. The summed E-state index contributed by atoms with van der Waals surface area (Å²) in [6, 6.07) is 11.4. The third-order valence-electron chi connectivity index (χ3n) is 6.15. The molecular formula is C23H20N4O3S. The molecule has 1 fully saturated rings. The van der Waals surface area contributed by atoms with Gasteiger partial charge in [-0.15, -0.1) is 11.3 Å². The summed E-state index contributed by atoms with van der Waals surface area (Å²) in [4.78, 5) is 41.0. The highest BCUT2D eigenvalue weighted by molar-refractivity contribution is 7.17. The molecule has 7 nitrogen and oxygen atoms in total. The molecule has 0 saturated carbocycles. The van der Waals surface area contributed by atoms with E-state index in [1.807, 2.05) is 43.3 Å². The maximum Gasteiger partial charge on any atom is 0.257 e. The lowest BCUT2D eigenvalue weighted by Gasteiger charge is -2.35. The molecule has 3 N–H and O–H groups in total. The van der Waals surface area contributed by atoms with Gasteiger partial charge in [0.25, 0.3) is 5.91 Å². The summed E-state index contributed by atoms with van der Waals surface area (Å²) in [5.41, 5.74) is 5.84. The first-order valence-electron chi connectivity index (χ1n) is 10.1. The SMILES string of the molecule is CCC1(c2ccc(NC=C3C(=O)Nc4ccc5ncsc5c43)cc2)CCC(=O)NC1=O. The van der Waals surface area contributed by atoms with Crippen LogP contribution in [0.15, 0.2) is 48.1 Å². The average molecular weight is 433 g/mol. The summed E-state index contributed by atoms with van der Waals surface area (Å²) >= 11 is 1.51. The van der Waals surface area contributed by atoms with E-state index >= 15 is 0 Å². The number of carbonyl (C=O) groups excluding carboxylic acids is 3. The van der Waals surface area contributed by atoms with E-state index in [1.54, 1.807) is 11.7 Å². The van der Waals surface area contributed by atoms with Gasteiger partial charge in [-0.05, 0) is 42.7 Å². The van der Waals surface area contributed by atoms with Crippen LogP contribution >= 0.6 is 11.3 Å². The highest BCUT2D eigenvalue weighted by atomic mass is 32.1. The topological polar surface area (TPSA) is 100 Å². The van der Waals surface area contributed by atoms with Crippen LogP contribution in [0, 0.1) is 0 Å². The van der Waals surface area contributed by atoms with Crippen LogP contribution in [-0.4, -0.2) is 22.7 Å². The average Bonchev–Trinajstić information content (AvgIpc) is 3.37. The maximum atomic E-state index is 12.6. The van der Waals surface area contributed by atoms with Crippen molar-refractivity contribution in [2.45, 2.75) is 31.6 Å². The predicted molar refractivity (Wildman–Crippen MR) is 121 cm³/mol. The molecule has 1 unspecified atom stereocenters. The lowest BCUT2D eigenvalue weighted by Crippen LogP contribution is -2.51. The highest BCUT2D eigenvalue weighted by Gasteiger charge is 2.42. The number of rotatable bonds is 4. The molecule has 2 aliphatic rings. The highest BCUT2D eigenvalue weighted by Crippen LogP contribution is 2.39. The molecule has 0 aliphatic carbocycles. The van der Waals surface area contributed by atoms with Gasteiger partial charge in [0, 0.05) is 23.9 Å². The molecule has 3 amide bonds. The van der Waals surface area contributed by atoms with Crippen molar-refractivity contribution >= 4 is 56.2 Å². The number of thiazole rings is 1. The lowest BCUT2D eigenvalue weighted by molar-refractivity contribution is -0.138. The fraction of sp³-hybridized carbons (Fsp3) is 0.217. The number of nitrogens with zero attached hydrogens (tertiary/aromatic N) is 1. The number of fused-ring (bicyclic) bond motifs is 3. The minimum absolute atomic E-state index is 0.159. The molecule has 1 saturated heterocycles. The Balaban J connectivity index is 1.42. The van der Waals surface area contributed by atoms with Crippen LogP contribution in [0.5, 0.6) is 0 Å². The molecule has 0 radical (unpaired) electrons. The van der Waals surface area contributed by atoms with Gasteiger partial charge in [-0.1, -0.05) is 19.1 Å². The molecule has 156 valence electrons. The number of anilines is 2. The fourth-order valence-corrected chi connectivity index (χ4v) is 5.20. The van der Waals surface area contributed by atoms with Crippen molar-refractivity contribution in [1.82, 2.24) is 10.3 Å². The third-order valence-corrected chi connectivity index (χ3v) is 7.01. The Morgan fingerprint density at radius 2 is 1.94 bits per heavy atom. The van der Waals surface area contributed by atoms with Gasteiger partial charge in [0.2, 0.25) is 11.8 Å². The van der Waals surface area contributed by atoms with Gasteiger partial charge >= 0.3 is 0 Å². The molecule has 3 aromatic rings. The van der Waals surface area contributed by atoms with Crippen molar-refractivity contribution < 1.29 is 14.4 Å². The van der Waals surface area contributed by atoms with E-state index < -0.39 is 5.41 Å². The van der Waals surface area contributed by atoms with Crippen LogP contribution in [0.4, 0.5) is 11.4 Å². The van der Waals surface area contributed by atoms with Crippen molar-refractivity contribution in [2.75, 3.05) is 10.6 Å². The Morgan fingerprint density at radius 3 is 2.68 bits per heavy atom. The van der Waals surface area contributed by atoms with Gasteiger partial charge in [0.05, 0.1) is 32.4 Å². The predicted octanol–water partition coefficient (Wildman–Crippen LogP) is 3.79. The first-order chi connectivity index (χ1) is 15.0. The molecule has 2 aromatic carbocycles. The zero-order valence-electron chi connectivity index (χ0n) is 16.8.